The molecule has 0 spiro atoms. The molecule has 0 saturated heterocycles. The van der Waals surface area contributed by atoms with Crippen molar-refractivity contribution in [1.29, 1.82) is 0 Å². The third-order valence-corrected chi connectivity index (χ3v) is 8.96. The number of nitrogens with two attached hydrogens (primary N) is 1. The zero-order chi connectivity index (χ0) is 26.7. The van der Waals surface area contributed by atoms with Gasteiger partial charge in [-0.25, -0.2) is 13.2 Å². The van der Waals surface area contributed by atoms with Crippen LogP contribution < -0.4 is 20.9 Å². The predicted molar refractivity (Wildman–Crippen MR) is 145 cm³/mol. The summed E-state index contributed by atoms with van der Waals surface area (Å²) in [5.74, 6) is 0.724. The van der Waals surface area contributed by atoms with E-state index in [1.807, 2.05) is 6.20 Å². The second kappa shape index (κ2) is 11.1. The zero-order valence-electron chi connectivity index (χ0n) is 21.3. The van der Waals surface area contributed by atoms with Gasteiger partial charge < -0.3 is 10.5 Å². The highest BCUT2D eigenvalue weighted by atomic mass is 32.2. The lowest BCUT2D eigenvalue weighted by Gasteiger charge is -2.24. The van der Waals surface area contributed by atoms with Gasteiger partial charge in [-0.1, -0.05) is 32.1 Å². The van der Waals surface area contributed by atoms with Crippen LogP contribution in [0.3, 0.4) is 0 Å². The molecule has 1 saturated carbocycles. The number of anilines is 1. The summed E-state index contributed by atoms with van der Waals surface area (Å²) in [7, 11) is -3.85. The molecule has 10 heteroatoms. The molecule has 1 aromatic heterocycles. The predicted octanol–water partition coefficient (Wildman–Crippen LogP) is 3.98. The van der Waals surface area contributed by atoms with Crippen molar-refractivity contribution >= 4 is 21.6 Å². The Labute approximate surface area is 222 Å². The van der Waals surface area contributed by atoms with Crippen molar-refractivity contribution < 1.29 is 17.9 Å². The Morgan fingerprint density at radius 2 is 1.79 bits per heavy atom. The molecule has 2 heterocycles. The topological polar surface area (TPSA) is 125 Å². The van der Waals surface area contributed by atoms with Crippen molar-refractivity contribution in [2.75, 3.05) is 4.72 Å². The first-order valence-electron chi connectivity index (χ1n) is 13.3. The molecule has 0 radical (unpaired) electrons. The van der Waals surface area contributed by atoms with Gasteiger partial charge in [-0.15, -0.1) is 0 Å². The molecular weight excluding hydrogens is 504 g/mol. The minimum Gasteiger partial charge on any atom is -0.480 e. The van der Waals surface area contributed by atoms with Crippen LogP contribution in [-0.4, -0.2) is 29.6 Å². The molecule has 3 N–H and O–H groups in total. The molecule has 38 heavy (non-hydrogen) atoms. The summed E-state index contributed by atoms with van der Waals surface area (Å²) in [6, 6.07) is 11.3. The van der Waals surface area contributed by atoms with Gasteiger partial charge in [0.15, 0.2) is 6.10 Å². The van der Waals surface area contributed by atoms with Crippen LogP contribution in [0.5, 0.6) is 5.75 Å². The van der Waals surface area contributed by atoms with Crippen LogP contribution >= 0.6 is 0 Å². The number of benzene rings is 2. The molecule has 9 nitrogen and oxygen atoms in total. The number of aromatic nitrogens is 2. The van der Waals surface area contributed by atoms with Crippen LogP contribution in [0.4, 0.5) is 5.69 Å². The highest BCUT2D eigenvalue weighted by Crippen LogP contribution is 2.31. The second-order valence-corrected chi connectivity index (χ2v) is 11.9. The van der Waals surface area contributed by atoms with Crippen molar-refractivity contribution in [2.24, 2.45) is 11.7 Å². The quantitative estimate of drug-likeness (QED) is 0.426. The fourth-order valence-electron chi connectivity index (χ4n) is 5.44. The molecule has 1 atom stereocenters. The summed E-state index contributed by atoms with van der Waals surface area (Å²) in [5.41, 5.74) is 6.98. The molecule has 5 rings (SSSR count). The average molecular weight is 539 g/mol. The van der Waals surface area contributed by atoms with Gasteiger partial charge in [-0.2, -0.15) is 0 Å². The number of rotatable bonds is 9. The smallest absolute Gasteiger partial charge is 0.332 e. The molecule has 3 aromatic rings. The van der Waals surface area contributed by atoms with Crippen molar-refractivity contribution in [2.45, 2.75) is 75.3 Å². The standard InChI is InChI=1S/C28H34N4O5S/c29-27(33)26-14-8-21-19-24(13-15-25(21)37-26)38(35,36)30-22-9-11-23(12-10-22)32-18-17-31(28(32)34)16-4-7-20-5-2-1-3-6-20/h9-13,15,17-20,26,30H,1-8,14,16H2,(H2,29,33)/t26-/m0/s1. The van der Waals surface area contributed by atoms with E-state index in [1.54, 1.807) is 51.7 Å². The highest BCUT2D eigenvalue weighted by molar-refractivity contribution is 7.92. The number of nitrogens with zero attached hydrogens (tertiary/aromatic N) is 2. The van der Waals surface area contributed by atoms with Crippen molar-refractivity contribution in [3.63, 3.8) is 0 Å². The summed E-state index contributed by atoms with van der Waals surface area (Å²) < 4.78 is 37.5. The molecule has 2 aliphatic rings. The number of ether oxygens (including phenoxy) is 1. The Hall–Kier alpha value is -3.53. The fraction of sp³-hybridized carbons (Fsp3) is 0.429. The number of sulfonamides is 1. The van der Waals surface area contributed by atoms with E-state index < -0.39 is 22.0 Å². The van der Waals surface area contributed by atoms with E-state index in [4.69, 9.17) is 10.5 Å². The van der Waals surface area contributed by atoms with Gasteiger partial charge in [0.1, 0.15) is 5.75 Å². The number of fused-ring (bicyclic) bond motifs is 1. The Kier molecular flexibility index (Phi) is 7.60. The van der Waals surface area contributed by atoms with Gasteiger partial charge in [0.2, 0.25) is 0 Å². The Bertz CT molecular complexity index is 1450. The maximum absolute atomic E-state index is 13.0. The molecule has 1 aliphatic carbocycles. The monoisotopic (exact) mass is 538 g/mol. The van der Waals surface area contributed by atoms with Crippen LogP contribution in [0, 0.1) is 5.92 Å². The largest absolute Gasteiger partial charge is 0.480 e. The second-order valence-electron chi connectivity index (χ2n) is 10.3. The summed E-state index contributed by atoms with van der Waals surface area (Å²) in [4.78, 5) is 24.4. The minimum atomic E-state index is -3.85. The number of primary amides is 1. The number of imidazole rings is 1. The SMILES string of the molecule is NC(=O)[C@@H]1CCc2cc(S(=O)(=O)Nc3ccc(-n4ccn(CCCC5CCCCC5)c4=O)cc3)ccc2O1. The molecule has 1 fully saturated rings. The van der Waals surface area contributed by atoms with E-state index >= 15 is 0 Å². The normalized spacial score (nSPS) is 17.9. The first kappa shape index (κ1) is 26.1. The van der Waals surface area contributed by atoms with Gasteiger partial charge in [-0.05, 0) is 79.6 Å². The van der Waals surface area contributed by atoms with E-state index in [0.717, 1.165) is 18.8 Å². The minimum absolute atomic E-state index is 0.1000. The van der Waals surface area contributed by atoms with Crippen LogP contribution in [0.15, 0.2) is 64.5 Å². The maximum Gasteiger partial charge on any atom is 0.332 e. The van der Waals surface area contributed by atoms with Crippen molar-refractivity contribution in [1.82, 2.24) is 9.13 Å². The number of hydrogen-bond acceptors (Lipinski definition) is 5. The Balaban J connectivity index is 1.22. The number of carbonyl (C=O) groups excluding carboxylic acids is 1. The molecule has 1 aliphatic heterocycles. The lowest BCUT2D eigenvalue weighted by molar-refractivity contribution is -0.125. The Morgan fingerprint density at radius 3 is 2.53 bits per heavy atom. The average Bonchev–Trinajstić information content (AvgIpc) is 3.28. The summed E-state index contributed by atoms with van der Waals surface area (Å²) in [6.45, 7) is 0.704. The lowest BCUT2D eigenvalue weighted by atomic mass is 9.86. The van der Waals surface area contributed by atoms with E-state index in [0.29, 0.717) is 42.1 Å². The van der Waals surface area contributed by atoms with Gasteiger partial charge in [-0.3, -0.25) is 18.7 Å². The highest BCUT2D eigenvalue weighted by Gasteiger charge is 2.26. The fourth-order valence-corrected chi connectivity index (χ4v) is 6.55. The van der Waals surface area contributed by atoms with E-state index in [-0.39, 0.29) is 10.6 Å². The van der Waals surface area contributed by atoms with Crippen molar-refractivity contribution in [3.8, 4) is 11.4 Å². The van der Waals surface area contributed by atoms with Crippen LogP contribution in [0.25, 0.3) is 5.69 Å². The van der Waals surface area contributed by atoms with Crippen molar-refractivity contribution in [3.05, 3.63) is 70.9 Å². The number of amides is 1. The number of aryl methyl sites for hydroxylation is 2. The number of carbonyl (C=O) groups is 1. The van der Waals surface area contributed by atoms with E-state index in [9.17, 15) is 18.0 Å². The van der Waals surface area contributed by atoms with Gasteiger partial charge in [0.05, 0.1) is 10.6 Å². The van der Waals surface area contributed by atoms with E-state index in [1.165, 1.54) is 38.2 Å². The molecule has 0 unspecified atom stereocenters. The third kappa shape index (κ3) is 5.80. The Morgan fingerprint density at radius 1 is 1.03 bits per heavy atom. The summed E-state index contributed by atoms with van der Waals surface area (Å²) >= 11 is 0. The molecular formula is C28H34N4O5S. The number of nitrogens with one attached hydrogen (secondary N) is 1. The maximum atomic E-state index is 13.0. The zero-order valence-corrected chi connectivity index (χ0v) is 22.2. The van der Waals surface area contributed by atoms with Gasteiger partial charge in [0.25, 0.3) is 15.9 Å². The summed E-state index contributed by atoms with van der Waals surface area (Å²) in [5, 5.41) is 0. The molecule has 0 bridgehead atoms. The van der Waals surface area contributed by atoms with Gasteiger partial charge in [0, 0.05) is 24.6 Å². The van der Waals surface area contributed by atoms with Crippen LogP contribution in [0.2, 0.25) is 0 Å². The molecule has 1 amide bonds. The molecule has 2 aromatic carbocycles. The number of hydrogen-bond donors (Lipinski definition) is 2. The summed E-state index contributed by atoms with van der Waals surface area (Å²) in [6.07, 6.45) is 12.5. The molecule has 202 valence electrons. The van der Waals surface area contributed by atoms with E-state index in [2.05, 4.69) is 4.72 Å². The third-order valence-electron chi connectivity index (χ3n) is 7.59. The first-order valence-corrected chi connectivity index (χ1v) is 14.8. The van der Waals surface area contributed by atoms with Crippen LogP contribution in [-0.2, 0) is 27.8 Å². The lowest BCUT2D eigenvalue weighted by Crippen LogP contribution is -2.36. The van der Waals surface area contributed by atoms with Gasteiger partial charge >= 0.3 is 5.69 Å². The first-order chi connectivity index (χ1) is 18.3. The van der Waals surface area contributed by atoms with Crippen LogP contribution in [0.1, 0.15) is 56.9 Å².